The molecule has 4 heteroatoms. The molecule has 4 nitrogen and oxygen atoms in total. The minimum absolute atomic E-state index is 0.645. The number of piperidine rings is 1. The van der Waals surface area contributed by atoms with Crippen LogP contribution in [0.2, 0.25) is 0 Å². The first-order valence-corrected chi connectivity index (χ1v) is 8.16. The van der Waals surface area contributed by atoms with Gasteiger partial charge in [0.1, 0.15) is 0 Å². The van der Waals surface area contributed by atoms with E-state index in [4.69, 9.17) is 9.47 Å². The number of fused-ring (bicyclic) bond motifs is 1. The summed E-state index contributed by atoms with van der Waals surface area (Å²) in [5.74, 6) is 2.44. The van der Waals surface area contributed by atoms with Gasteiger partial charge in [-0.3, -0.25) is 0 Å². The Morgan fingerprint density at radius 3 is 2.81 bits per heavy atom. The Hall–Kier alpha value is -1.42. The highest BCUT2D eigenvalue weighted by atomic mass is 16.5. The van der Waals surface area contributed by atoms with E-state index < -0.39 is 0 Å². The minimum atomic E-state index is 0.645. The third-order valence-electron chi connectivity index (χ3n) is 4.47. The van der Waals surface area contributed by atoms with Gasteiger partial charge < -0.3 is 19.7 Å². The molecule has 0 aromatic heterocycles. The molecule has 0 bridgehead atoms. The Balaban J connectivity index is 1.71. The molecule has 116 valence electrons. The topological polar surface area (TPSA) is 33.7 Å². The first kappa shape index (κ1) is 14.5. The van der Waals surface area contributed by atoms with Crippen LogP contribution in [0.25, 0.3) is 0 Å². The second-order valence-electron chi connectivity index (χ2n) is 6.06. The van der Waals surface area contributed by atoms with Gasteiger partial charge in [-0.05, 0) is 31.0 Å². The summed E-state index contributed by atoms with van der Waals surface area (Å²) in [7, 11) is 0. The van der Waals surface area contributed by atoms with Gasteiger partial charge in [0.2, 0.25) is 0 Å². The fraction of sp³-hybridized carbons (Fsp3) is 0.647. The lowest BCUT2D eigenvalue weighted by Gasteiger charge is -2.38. The van der Waals surface area contributed by atoms with Crippen molar-refractivity contribution in [2.24, 2.45) is 5.92 Å². The zero-order chi connectivity index (χ0) is 14.7. The minimum Gasteiger partial charge on any atom is -0.490 e. The molecule has 1 aromatic carbocycles. The third-order valence-corrected chi connectivity index (χ3v) is 4.47. The SMILES string of the molecule is CCNC1CCN(c2ccc3c(c2)OCCCO3)CC1C. The van der Waals surface area contributed by atoms with Crippen LogP contribution in [-0.4, -0.2) is 38.9 Å². The zero-order valence-corrected chi connectivity index (χ0v) is 13.1. The largest absolute Gasteiger partial charge is 0.490 e. The van der Waals surface area contributed by atoms with E-state index in [2.05, 4.69) is 42.3 Å². The normalized spacial score (nSPS) is 25.5. The monoisotopic (exact) mass is 290 g/mol. The molecular formula is C17H26N2O2. The molecule has 2 atom stereocenters. The van der Waals surface area contributed by atoms with Crippen molar-refractivity contribution >= 4 is 5.69 Å². The van der Waals surface area contributed by atoms with E-state index in [9.17, 15) is 0 Å². The van der Waals surface area contributed by atoms with Crippen LogP contribution in [0.4, 0.5) is 5.69 Å². The fourth-order valence-electron chi connectivity index (χ4n) is 3.29. The second-order valence-corrected chi connectivity index (χ2v) is 6.06. The van der Waals surface area contributed by atoms with Crippen molar-refractivity contribution in [3.8, 4) is 11.5 Å². The van der Waals surface area contributed by atoms with Crippen molar-refractivity contribution in [2.75, 3.05) is 37.7 Å². The molecule has 1 N–H and O–H groups in total. The lowest BCUT2D eigenvalue weighted by Crippen LogP contribution is -2.48. The molecule has 2 aliphatic heterocycles. The number of nitrogens with zero attached hydrogens (tertiary/aromatic N) is 1. The fourth-order valence-corrected chi connectivity index (χ4v) is 3.29. The number of rotatable bonds is 3. The van der Waals surface area contributed by atoms with Crippen LogP contribution in [0.15, 0.2) is 18.2 Å². The molecule has 1 fully saturated rings. The highest BCUT2D eigenvalue weighted by Gasteiger charge is 2.26. The number of ether oxygens (including phenoxy) is 2. The van der Waals surface area contributed by atoms with Gasteiger partial charge in [-0.2, -0.15) is 0 Å². The van der Waals surface area contributed by atoms with Crippen LogP contribution in [0.3, 0.4) is 0 Å². The van der Waals surface area contributed by atoms with Gasteiger partial charge in [0.15, 0.2) is 11.5 Å². The van der Waals surface area contributed by atoms with Gasteiger partial charge in [-0.25, -0.2) is 0 Å². The number of hydrogen-bond donors (Lipinski definition) is 1. The Morgan fingerprint density at radius 1 is 1.24 bits per heavy atom. The zero-order valence-electron chi connectivity index (χ0n) is 13.1. The molecule has 21 heavy (non-hydrogen) atoms. The predicted octanol–water partition coefficient (Wildman–Crippen LogP) is 2.67. The van der Waals surface area contributed by atoms with Crippen molar-refractivity contribution in [2.45, 2.75) is 32.7 Å². The molecule has 2 heterocycles. The van der Waals surface area contributed by atoms with Gasteiger partial charge in [-0.15, -0.1) is 0 Å². The van der Waals surface area contributed by atoms with Gasteiger partial charge >= 0.3 is 0 Å². The Kier molecular flexibility index (Phi) is 4.54. The van der Waals surface area contributed by atoms with Crippen molar-refractivity contribution in [1.82, 2.24) is 5.32 Å². The highest BCUT2D eigenvalue weighted by Crippen LogP contribution is 2.35. The van der Waals surface area contributed by atoms with Crippen molar-refractivity contribution in [3.63, 3.8) is 0 Å². The molecule has 0 radical (unpaired) electrons. The summed E-state index contributed by atoms with van der Waals surface area (Å²) < 4.78 is 11.5. The van der Waals surface area contributed by atoms with Gasteiger partial charge in [-0.1, -0.05) is 13.8 Å². The summed E-state index contributed by atoms with van der Waals surface area (Å²) in [6.07, 6.45) is 2.15. The molecule has 3 rings (SSSR count). The standard InChI is InChI=1S/C17H26N2O2/c1-3-18-15-7-8-19(12-13(15)2)14-5-6-16-17(11-14)21-10-4-9-20-16/h5-6,11,13,15,18H,3-4,7-10,12H2,1-2H3. The highest BCUT2D eigenvalue weighted by molar-refractivity contribution is 5.57. The van der Waals surface area contributed by atoms with Crippen LogP contribution >= 0.6 is 0 Å². The quantitative estimate of drug-likeness (QED) is 0.928. The number of nitrogens with one attached hydrogen (secondary N) is 1. The van der Waals surface area contributed by atoms with E-state index in [1.165, 1.54) is 12.1 Å². The third kappa shape index (κ3) is 3.26. The Labute approximate surface area is 127 Å². The molecule has 0 spiro atoms. The molecular weight excluding hydrogens is 264 g/mol. The molecule has 0 amide bonds. The first-order valence-electron chi connectivity index (χ1n) is 8.16. The molecule has 0 aliphatic carbocycles. The Bertz CT molecular complexity index is 478. The predicted molar refractivity (Wildman–Crippen MR) is 85.5 cm³/mol. The maximum absolute atomic E-state index is 5.80. The number of hydrogen-bond acceptors (Lipinski definition) is 4. The number of benzene rings is 1. The summed E-state index contributed by atoms with van der Waals surface area (Å²) in [4.78, 5) is 2.47. The number of anilines is 1. The van der Waals surface area contributed by atoms with Gasteiger partial charge in [0.25, 0.3) is 0 Å². The lowest BCUT2D eigenvalue weighted by molar-refractivity contribution is 0.297. The maximum Gasteiger partial charge on any atom is 0.163 e. The summed E-state index contributed by atoms with van der Waals surface area (Å²) in [5.41, 5.74) is 1.25. The van der Waals surface area contributed by atoms with Crippen LogP contribution in [0.5, 0.6) is 11.5 Å². The Morgan fingerprint density at radius 2 is 2.05 bits per heavy atom. The summed E-state index contributed by atoms with van der Waals surface area (Å²) in [6, 6.07) is 7.00. The second kappa shape index (κ2) is 6.56. The van der Waals surface area contributed by atoms with E-state index in [1.807, 2.05) is 0 Å². The van der Waals surface area contributed by atoms with E-state index >= 15 is 0 Å². The van der Waals surface area contributed by atoms with Crippen LogP contribution in [0, 0.1) is 5.92 Å². The van der Waals surface area contributed by atoms with E-state index in [0.717, 1.165) is 50.8 Å². The molecule has 1 saturated heterocycles. The molecule has 0 saturated carbocycles. The maximum atomic E-state index is 5.80. The van der Waals surface area contributed by atoms with Crippen LogP contribution in [0.1, 0.15) is 26.7 Å². The van der Waals surface area contributed by atoms with Crippen LogP contribution in [-0.2, 0) is 0 Å². The lowest BCUT2D eigenvalue weighted by atomic mass is 9.93. The van der Waals surface area contributed by atoms with Gasteiger partial charge in [0, 0.05) is 37.3 Å². The molecule has 2 aliphatic rings. The average molecular weight is 290 g/mol. The van der Waals surface area contributed by atoms with Crippen molar-refractivity contribution in [1.29, 1.82) is 0 Å². The molecule has 1 aromatic rings. The smallest absolute Gasteiger partial charge is 0.163 e. The van der Waals surface area contributed by atoms with E-state index in [0.29, 0.717) is 12.0 Å². The molecule has 2 unspecified atom stereocenters. The summed E-state index contributed by atoms with van der Waals surface area (Å²) in [5, 5.41) is 3.59. The van der Waals surface area contributed by atoms with E-state index in [1.54, 1.807) is 0 Å². The van der Waals surface area contributed by atoms with Crippen molar-refractivity contribution in [3.05, 3.63) is 18.2 Å². The average Bonchev–Trinajstić information content (AvgIpc) is 2.74. The first-order chi connectivity index (χ1) is 10.3. The van der Waals surface area contributed by atoms with Gasteiger partial charge in [0.05, 0.1) is 13.2 Å². The van der Waals surface area contributed by atoms with Crippen molar-refractivity contribution < 1.29 is 9.47 Å². The summed E-state index contributed by atoms with van der Waals surface area (Å²) in [6.45, 7) is 9.26. The van der Waals surface area contributed by atoms with Crippen LogP contribution < -0.4 is 19.7 Å². The summed E-state index contributed by atoms with van der Waals surface area (Å²) >= 11 is 0. The van der Waals surface area contributed by atoms with E-state index in [-0.39, 0.29) is 0 Å².